The van der Waals surface area contributed by atoms with E-state index < -0.39 is 0 Å². The number of aryl methyl sites for hydroxylation is 1. The highest BCUT2D eigenvalue weighted by Crippen LogP contribution is 2.32. The van der Waals surface area contributed by atoms with Gasteiger partial charge in [0.2, 0.25) is 11.8 Å². The molecule has 1 aliphatic rings. The number of rotatable bonds is 7. The quantitative estimate of drug-likeness (QED) is 0.656. The van der Waals surface area contributed by atoms with Gasteiger partial charge < -0.3 is 16.4 Å². The molecule has 0 aliphatic carbocycles. The molecular formula is C14H22N4O2S2. The Kier molecular flexibility index (Phi) is 6.66. The zero-order chi connectivity index (χ0) is 15.9. The first-order valence-electron chi connectivity index (χ1n) is 7.43. The number of carbonyl (C=O) groups is 2. The molecule has 0 saturated carbocycles. The highest BCUT2D eigenvalue weighted by Gasteiger charge is 2.16. The third-order valence-corrected chi connectivity index (χ3v) is 6.04. The Labute approximate surface area is 138 Å². The minimum absolute atomic E-state index is 0.0127. The number of hydrogen-bond acceptors (Lipinski definition) is 6. The van der Waals surface area contributed by atoms with Gasteiger partial charge in [-0.05, 0) is 45.2 Å². The Morgan fingerprint density at radius 1 is 1.45 bits per heavy atom. The van der Waals surface area contributed by atoms with Gasteiger partial charge in [0.1, 0.15) is 0 Å². The summed E-state index contributed by atoms with van der Waals surface area (Å²) in [6, 6.07) is 0. The van der Waals surface area contributed by atoms with E-state index in [-0.39, 0.29) is 17.6 Å². The van der Waals surface area contributed by atoms with E-state index >= 15 is 0 Å². The Morgan fingerprint density at radius 3 is 2.86 bits per heavy atom. The zero-order valence-electron chi connectivity index (χ0n) is 12.7. The van der Waals surface area contributed by atoms with E-state index in [1.807, 2.05) is 6.92 Å². The molecule has 122 valence electrons. The van der Waals surface area contributed by atoms with Crippen molar-refractivity contribution in [2.24, 2.45) is 11.7 Å². The van der Waals surface area contributed by atoms with E-state index in [4.69, 9.17) is 5.73 Å². The molecule has 0 radical (unpaired) electrons. The van der Waals surface area contributed by atoms with Crippen molar-refractivity contribution in [2.45, 2.75) is 36.8 Å². The van der Waals surface area contributed by atoms with Crippen molar-refractivity contribution in [1.29, 1.82) is 0 Å². The van der Waals surface area contributed by atoms with Crippen molar-refractivity contribution in [3.63, 3.8) is 0 Å². The fourth-order valence-corrected chi connectivity index (χ4v) is 4.29. The third kappa shape index (κ3) is 5.58. The third-order valence-electron chi connectivity index (χ3n) is 3.58. The first-order chi connectivity index (χ1) is 10.5. The van der Waals surface area contributed by atoms with Gasteiger partial charge in [0.05, 0.1) is 15.7 Å². The number of anilines is 1. The largest absolute Gasteiger partial charge is 0.369 e. The van der Waals surface area contributed by atoms with Crippen LogP contribution in [-0.2, 0) is 9.59 Å². The lowest BCUT2D eigenvalue weighted by Crippen LogP contribution is -2.28. The smallest absolute Gasteiger partial charge is 0.227 e. The summed E-state index contributed by atoms with van der Waals surface area (Å²) in [6.07, 6.45) is 3.77. The van der Waals surface area contributed by atoms with Crippen LogP contribution in [0.25, 0.3) is 0 Å². The summed E-state index contributed by atoms with van der Waals surface area (Å²) < 4.78 is 0.924. The highest BCUT2D eigenvalue weighted by molar-refractivity contribution is 8.01. The molecule has 0 bridgehead atoms. The Hall–Kier alpha value is -1.12. The standard InChI is InChI=1S/C14H22N4O2S2/c1-9-13(21-8-11(15)19)22-14(17-9)18-12(20)3-2-10-4-6-16-7-5-10/h10,16H,2-8H2,1H3,(H2,15,19)(H,17,18,20). The summed E-state index contributed by atoms with van der Waals surface area (Å²) >= 11 is 2.76. The number of amides is 2. The summed E-state index contributed by atoms with van der Waals surface area (Å²) in [4.78, 5) is 27.1. The number of thioether (sulfide) groups is 1. The van der Waals surface area contributed by atoms with Crippen molar-refractivity contribution >= 4 is 40.0 Å². The molecule has 0 atom stereocenters. The lowest BCUT2D eigenvalue weighted by Gasteiger charge is -2.21. The van der Waals surface area contributed by atoms with Gasteiger partial charge in [-0.2, -0.15) is 0 Å². The van der Waals surface area contributed by atoms with Crippen LogP contribution in [0.5, 0.6) is 0 Å². The van der Waals surface area contributed by atoms with Crippen molar-refractivity contribution in [1.82, 2.24) is 10.3 Å². The number of nitrogens with zero attached hydrogens (tertiary/aromatic N) is 1. The average Bonchev–Trinajstić information content (AvgIpc) is 2.84. The SMILES string of the molecule is Cc1nc(NC(=O)CCC2CCNCC2)sc1SCC(N)=O. The van der Waals surface area contributed by atoms with Crippen LogP contribution in [0.1, 0.15) is 31.4 Å². The molecule has 6 nitrogen and oxygen atoms in total. The van der Waals surface area contributed by atoms with Gasteiger partial charge in [-0.1, -0.05) is 11.3 Å². The predicted octanol–water partition coefficient (Wildman–Crippen LogP) is 1.75. The molecule has 1 aliphatic heterocycles. The highest BCUT2D eigenvalue weighted by atomic mass is 32.2. The fourth-order valence-electron chi connectivity index (χ4n) is 2.39. The first kappa shape index (κ1) is 17.2. The number of thiazole rings is 1. The van der Waals surface area contributed by atoms with Crippen molar-refractivity contribution in [3.05, 3.63) is 5.69 Å². The maximum atomic E-state index is 12.0. The molecule has 1 saturated heterocycles. The summed E-state index contributed by atoms with van der Waals surface area (Å²) in [7, 11) is 0. The lowest BCUT2D eigenvalue weighted by atomic mass is 9.93. The molecule has 0 unspecified atom stereocenters. The van der Waals surface area contributed by atoms with Gasteiger partial charge in [-0.25, -0.2) is 4.98 Å². The summed E-state index contributed by atoms with van der Waals surface area (Å²) in [5.41, 5.74) is 5.96. The van der Waals surface area contributed by atoms with Crippen LogP contribution >= 0.6 is 23.1 Å². The van der Waals surface area contributed by atoms with Crippen LogP contribution in [0.3, 0.4) is 0 Å². The van der Waals surface area contributed by atoms with Crippen molar-refractivity contribution in [3.8, 4) is 0 Å². The Morgan fingerprint density at radius 2 is 2.18 bits per heavy atom. The number of piperidine rings is 1. The van der Waals surface area contributed by atoms with Crippen LogP contribution in [-0.4, -0.2) is 35.6 Å². The van der Waals surface area contributed by atoms with Gasteiger partial charge in [-0.3, -0.25) is 9.59 Å². The van der Waals surface area contributed by atoms with Crippen molar-refractivity contribution < 1.29 is 9.59 Å². The number of hydrogen-bond donors (Lipinski definition) is 3. The van der Waals surface area contributed by atoms with E-state index in [0.29, 0.717) is 17.5 Å². The second-order valence-electron chi connectivity index (χ2n) is 5.43. The second kappa shape index (κ2) is 8.50. The molecular weight excluding hydrogens is 320 g/mol. The monoisotopic (exact) mass is 342 g/mol. The molecule has 1 aromatic heterocycles. The minimum atomic E-state index is -0.356. The number of nitrogens with one attached hydrogen (secondary N) is 2. The number of aromatic nitrogens is 1. The molecule has 2 amide bonds. The Balaban J connectivity index is 1.78. The van der Waals surface area contributed by atoms with Gasteiger partial charge in [-0.15, -0.1) is 11.8 Å². The number of nitrogens with two attached hydrogens (primary N) is 1. The topological polar surface area (TPSA) is 97.1 Å². The molecule has 22 heavy (non-hydrogen) atoms. The van der Waals surface area contributed by atoms with Gasteiger partial charge in [0, 0.05) is 6.42 Å². The Bertz CT molecular complexity index is 527. The van der Waals surface area contributed by atoms with E-state index in [1.165, 1.54) is 23.1 Å². The molecule has 0 spiro atoms. The molecule has 8 heteroatoms. The molecule has 4 N–H and O–H groups in total. The van der Waals surface area contributed by atoms with Crippen molar-refractivity contribution in [2.75, 3.05) is 24.2 Å². The lowest BCUT2D eigenvalue weighted by molar-refractivity contribution is -0.117. The number of carbonyl (C=O) groups excluding carboxylic acids is 2. The molecule has 1 fully saturated rings. The molecule has 0 aromatic carbocycles. The molecule has 2 rings (SSSR count). The summed E-state index contributed by atoms with van der Waals surface area (Å²) in [5.74, 6) is 0.530. The number of primary amides is 1. The van der Waals surface area contributed by atoms with Gasteiger partial charge >= 0.3 is 0 Å². The van der Waals surface area contributed by atoms with E-state index in [1.54, 1.807) is 0 Å². The summed E-state index contributed by atoms with van der Waals surface area (Å²) in [5, 5.41) is 6.78. The minimum Gasteiger partial charge on any atom is -0.369 e. The summed E-state index contributed by atoms with van der Waals surface area (Å²) in [6.45, 7) is 3.97. The normalized spacial score (nSPS) is 15.7. The van der Waals surface area contributed by atoms with Crippen LogP contribution in [0.2, 0.25) is 0 Å². The van der Waals surface area contributed by atoms with Crippen LogP contribution in [0, 0.1) is 12.8 Å². The van der Waals surface area contributed by atoms with E-state index in [9.17, 15) is 9.59 Å². The second-order valence-corrected chi connectivity index (χ2v) is 7.67. The van der Waals surface area contributed by atoms with Crippen LogP contribution < -0.4 is 16.4 Å². The maximum Gasteiger partial charge on any atom is 0.227 e. The van der Waals surface area contributed by atoms with Crippen LogP contribution in [0.4, 0.5) is 5.13 Å². The van der Waals surface area contributed by atoms with Gasteiger partial charge in [0.15, 0.2) is 5.13 Å². The van der Waals surface area contributed by atoms with E-state index in [2.05, 4.69) is 15.6 Å². The first-order valence-corrected chi connectivity index (χ1v) is 9.24. The van der Waals surface area contributed by atoms with Crippen LogP contribution in [0.15, 0.2) is 4.21 Å². The zero-order valence-corrected chi connectivity index (χ0v) is 14.3. The molecule has 2 heterocycles. The van der Waals surface area contributed by atoms with Gasteiger partial charge in [0.25, 0.3) is 0 Å². The van der Waals surface area contributed by atoms with E-state index in [0.717, 1.165) is 42.3 Å². The maximum absolute atomic E-state index is 12.0. The predicted molar refractivity (Wildman–Crippen MR) is 90.2 cm³/mol. The average molecular weight is 342 g/mol. The fraction of sp³-hybridized carbons (Fsp3) is 0.643. The molecule has 1 aromatic rings.